The lowest BCUT2D eigenvalue weighted by Gasteiger charge is -2.25. The molecule has 3 rings (SSSR count). The van der Waals surface area contributed by atoms with Gasteiger partial charge in [0, 0.05) is 0 Å². The van der Waals surface area contributed by atoms with Crippen molar-refractivity contribution in [3.05, 3.63) is 47.5 Å². The summed E-state index contributed by atoms with van der Waals surface area (Å²) in [6.07, 6.45) is 1.96. The molecule has 0 aliphatic carbocycles. The number of hydrogen-bond donors (Lipinski definition) is 0. The predicted octanol–water partition coefficient (Wildman–Crippen LogP) is 0.764. The van der Waals surface area contributed by atoms with Crippen molar-refractivity contribution in [3.8, 4) is 0 Å². The van der Waals surface area contributed by atoms with Crippen molar-refractivity contribution in [2.24, 2.45) is 0 Å². The van der Waals surface area contributed by atoms with Crippen LogP contribution >= 0.6 is 0 Å². The maximum Gasteiger partial charge on any atom is 0.263 e. The fourth-order valence-electron chi connectivity index (χ4n) is 2.06. The number of amides is 2. The highest BCUT2D eigenvalue weighted by atomic mass is 16.5. The van der Waals surface area contributed by atoms with Gasteiger partial charge in [0.15, 0.2) is 12.0 Å². The minimum Gasteiger partial charge on any atom is -0.346 e. The third-order valence-corrected chi connectivity index (χ3v) is 2.92. The molecular formula is C13H9NO4. The zero-order valence-electron chi connectivity index (χ0n) is 9.33. The molecule has 2 aliphatic heterocycles. The van der Waals surface area contributed by atoms with Crippen LogP contribution < -0.4 is 0 Å². The molecule has 90 valence electrons. The summed E-state index contributed by atoms with van der Waals surface area (Å²) < 4.78 is 5.19. The highest BCUT2D eigenvalue weighted by Crippen LogP contribution is 2.25. The number of ether oxygens (including phenoxy) is 1. The largest absolute Gasteiger partial charge is 0.346 e. The summed E-state index contributed by atoms with van der Waals surface area (Å²) in [4.78, 5) is 36.2. The summed E-state index contributed by atoms with van der Waals surface area (Å²) in [6.45, 7) is -0.116. The molecule has 18 heavy (non-hydrogen) atoms. The molecule has 0 saturated carbocycles. The number of hydrogen-bond acceptors (Lipinski definition) is 4. The summed E-state index contributed by atoms with van der Waals surface area (Å²) >= 11 is 0. The lowest BCUT2D eigenvalue weighted by molar-refractivity contribution is -0.124. The van der Waals surface area contributed by atoms with E-state index in [9.17, 15) is 14.4 Å². The SMILES string of the molecule is O=C1C=CC(N2C(=O)c3ccccc3C2=O)OC1. The fraction of sp³-hybridized carbons (Fsp3) is 0.154. The van der Waals surface area contributed by atoms with Gasteiger partial charge in [0.2, 0.25) is 0 Å². The zero-order valence-corrected chi connectivity index (χ0v) is 9.33. The molecule has 0 spiro atoms. The van der Waals surface area contributed by atoms with Crippen LogP contribution in [0.3, 0.4) is 0 Å². The van der Waals surface area contributed by atoms with E-state index in [0.29, 0.717) is 11.1 Å². The van der Waals surface area contributed by atoms with Crippen LogP contribution in [0, 0.1) is 0 Å². The van der Waals surface area contributed by atoms with Crippen molar-refractivity contribution in [2.75, 3.05) is 6.61 Å². The number of carbonyl (C=O) groups is 3. The van der Waals surface area contributed by atoms with Gasteiger partial charge < -0.3 is 4.74 Å². The molecule has 0 saturated heterocycles. The van der Waals surface area contributed by atoms with Gasteiger partial charge in [0.1, 0.15) is 6.61 Å². The van der Waals surface area contributed by atoms with E-state index < -0.39 is 6.23 Å². The van der Waals surface area contributed by atoms with Crippen LogP contribution in [0.5, 0.6) is 0 Å². The van der Waals surface area contributed by atoms with Crippen LogP contribution in [0.15, 0.2) is 36.4 Å². The predicted molar refractivity (Wildman–Crippen MR) is 60.8 cm³/mol. The molecule has 1 aromatic rings. The molecule has 0 N–H and O–H groups in total. The van der Waals surface area contributed by atoms with Crippen LogP contribution in [0.1, 0.15) is 20.7 Å². The van der Waals surface area contributed by atoms with E-state index in [1.165, 1.54) is 12.2 Å². The zero-order chi connectivity index (χ0) is 12.7. The van der Waals surface area contributed by atoms with Gasteiger partial charge in [0.05, 0.1) is 11.1 Å². The third-order valence-electron chi connectivity index (χ3n) is 2.92. The van der Waals surface area contributed by atoms with Gasteiger partial charge in [-0.05, 0) is 24.3 Å². The van der Waals surface area contributed by atoms with Gasteiger partial charge in [-0.3, -0.25) is 14.4 Å². The first kappa shape index (κ1) is 10.9. The first-order valence-electron chi connectivity index (χ1n) is 5.48. The summed E-state index contributed by atoms with van der Waals surface area (Å²) in [5, 5.41) is 0. The minimum absolute atomic E-state index is 0.116. The second-order valence-electron chi connectivity index (χ2n) is 4.05. The molecule has 1 unspecified atom stereocenters. The Morgan fingerprint density at radius 1 is 1.06 bits per heavy atom. The van der Waals surface area contributed by atoms with Gasteiger partial charge in [-0.1, -0.05) is 12.1 Å². The maximum absolute atomic E-state index is 12.1. The first-order valence-corrected chi connectivity index (χ1v) is 5.48. The quantitative estimate of drug-likeness (QED) is 0.683. The Morgan fingerprint density at radius 2 is 1.67 bits per heavy atom. The van der Waals surface area contributed by atoms with Crippen molar-refractivity contribution in [1.29, 1.82) is 0 Å². The van der Waals surface area contributed by atoms with Crippen LogP contribution in [0.2, 0.25) is 0 Å². The Hall–Kier alpha value is -2.27. The van der Waals surface area contributed by atoms with Crippen LogP contribution in [-0.4, -0.2) is 35.3 Å². The fourth-order valence-corrected chi connectivity index (χ4v) is 2.06. The molecule has 0 aromatic heterocycles. The first-order chi connectivity index (χ1) is 8.68. The highest BCUT2D eigenvalue weighted by Gasteiger charge is 2.40. The monoisotopic (exact) mass is 243 g/mol. The molecule has 0 radical (unpaired) electrons. The Labute approximate surface area is 103 Å². The molecule has 2 amide bonds. The lowest BCUT2D eigenvalue weighted by Crippen LogP contribution is -2.42. The van der Waals surface area contributed by atoms with E-state index in [0.717, 1.165) is 4.90 Å². The normalized spacial score (nSPS) is 22.6. The Bertz CT molecular complexity index is 555. The Kier molecular flexibility index (Phi) is 2.34. The second kappa shape index (κ2) is 3.89. The molecule has 2 aliphatic rings. The van der Waals surface area contributed by atoms with E-state index in [1.807, 2.05) is 0 Å². The van der Waals surface area contributed by atoms with Crippen molar-refractivity contribution in [1.82, 2.24) is 4.90 Å². The maximum atomic E-state index is 12.1. The van der Waals surface area contributed by atoms with E-state index in [1.54, 1.807) is 24.3 Å². The van der Waals surface area contributed by atoms with E-state index in [4.69, 9.17) is 4.74 Å². The smallest absolute Gasteiger partial charge is 0.263 e. The number of nitrogens with zero attached hydrogens (tertiary/aromatic N) is 1. The number of imide groups is 1. The molecule has 1 atom stereocenters. The average molecular weight is 243 g/mol. The molecule has 0 fully saturated rings. The van der Waals surface area contributed by atoms with Crippen molar-refractivity contribution < 1.29 is 19.1 Å². The topological polar surface area (TPSA) is 63.7 Å². The standard InChI is InChI=1S/C13H9NO4/c15-8-5-6-11(18-7-8)14-12(16)9-3-1-2-4-10(9)13(14)17/h1-6,11H,7H2. The summed E-state index contributed by atoms with van der Waals surface area (Å²) in [5.74, 6) is -0.956. The highest BCUT2D eigenvalue weighted by molar-refractivity contribution is 6.21. The van der Waals surface area contributed by atoms with E-state index in [-0.39, 0.29) is 24.2 Å². The van der Waals surface area contributed by atoms with E-state index in [2.05, 4.69) is 0 Å². The summed E-state index contributed by atoms with van der Waals surface area (Å²) in [5.41, 5.74) is 0.743. The minimum atomic E-state index is -0.796. The summed E-state index contributed by atoms with van der Waals surface area (Å²) in [6, 6.07) is 6.61. The second-order valence-corrected chi connectivity index (χ2v) is 4.05. The molecule has 5 nitrogen and oxygen atoms in total. The van der Waals surface area contributed by atoms with Crippen LogP contribution in [0.4, 0.5) is 0 Å². The van der Waals surface area contributed by atoms with Gasteiger partial charge in [0.25, 0.3) is 11.8 Å². The Balaban J connectivity index is 1.97. The van der Waals surface area contributed by atoms with Gasteiger partial charge >= 0.3 is 0 Å². The van der Waals surface area contributed by atoms with Gasteiger partial charge in [-0.15, -0.1) is 0 Å². The molecular weight excluding hydrogens is 234 g/mol. The molecule has 2 heterocycles. The van der Waals surface area contributed by atoms with Crippen LogP contribution in [0.25, 0.3) is 0 Å². The lowest BCUT2D eigenvalue weighted by atomic mass is 10.1. The number of carbonyl (C=O) groups excluding carboxylic acids is 3. The number of benzene rings is 1. The third kappa shape index (κ3) is 1.48. The molecule has 1 aromatic carbocycles. The summed E-state index contributed by atoms with van der Waals surface area (Å²) in [7, 11) is 0. The number of ketones is 1. The van der Waals surface area contributed by atoms with Crippen molar-refractivity contribution >= 4 is 17.6 Å². The van der Waals surface area contributed by atoms with Crippen LogP contribution in [-0.2, 0) is 9.53 Å². The number of rotatable bonds is 1. The van der Waals surface area contributed by atoms with E-state index >= 15 is 0 Å². The molecule has 0 bridgehead atoms. The Morgan fingerprint density at radius 3 is 2.17 bits per heavy atom. The van der Waals surface area contributed by atoms with Gasteiger partial charge in [-0.2, -0.15) is 0 Å². The number of fused-ring (bicyclic) bond motifs is 1. The molecule has 5 heteroatoms. The van der Waals surface area contributed by atoms with Crippen molar-refractivity contribution in [2.45, 2.75) is 6.23 Å². The average Bonchev–Trinajstić information content (AvgIpc) is 2.64. The van der Waals surface area contributed by atoms with Crippen molar-refractivity contribution in [3.63, 3.8) is 0 Å². The van der Waals surface area contributed by atoms with Gasteiger partial charge in [-0.25, -0.2) is 4.90 Å².